The van der Waals surface area contributed by atoms with E-state index in [9.17, 15) is 5.11 Å². The predicted molar refractivity (Wildman–Crippen MR) is 95.0 cm³/mol. The molecule has 0 amide bonds. The minimum absolute atomic E-state index is 0.0687. The first-order valence-electron chi connectivity index (χ1n) is 7.84. The van der Waals surface area contributed by atoms with Gasteiger partial charge in [0.25, 0.3) is 0 Å². The summed E-state index contributed by atoms with van der Waals surface area (Å²) in [6.45, 7) is 8.73. The van der Waals surface area contributed by atoms with E-state index in [2.05, 4.69) is 37.1 Å². The smallest absolute Gasteiger partial charge is 0.123 e. The van der Waals surface area contributed by atoms with Gasteiger partial charge in [-0.05, 0) is 6.07 Å². The number of methoxy groups -OCH3 is 1. The molecule has 0 atom stereocenters. The fourth-order valence-electron chi connectivity index (χ4n) is 2.35. The Hall–Kier alpha value is -1.43. The van der Waals surface area contributed by atoms with Gasteiger partial charge >= 0.3 is 0 Å². The van der Waals surface area contributed by atoms with Crippen LogP contribution < -0.4 is 4.74 Å². The maximum absolute atomic E-state index is 9.36. The molecule has 0 aliphatic rings. The van der Waals surface area contributed by atoms with E-state index in [1.807, 2.05) is 18.2 Å². The lowest BCUT2D eigenvalue weighted by molar-refractivity contribution is 0.182. The quantitative estimate of drug-likeness (QED) is 0.842. The number of benzene rings is 1. The van der Waals surface area contributed by atoms with Gasteiger partial charge in [-0.15, -0.1) is 11.3 Å². The third-order valence-electron chi connectivity index (χ3n) is 3.68. The molecule has 0 radical (unpaired) electrons. The first-order chi connectivity index (χ1) is 10.9. The van der Waals surface area contributed by atoms with Crippen molar-refractivity contribution in [2.75, 3.05) is 20.3 Å². The second-order valence-electron chi connectivity index (χ2n) is 6.62. The molecule has 5 heteroatoms. The van der Waals surface area contributed by atoms with Crippen LogP contribution in [-0.2, 0) is 18.5 Å². The van der Waals surface area contributed by atoms with Crippen LogP contribution in [0.4, 0.5) is 0 Å². The van der Waals surface area contributed by atoms with E-state index < -0.39 is 0 Å². The molecular weight excluding hydrogens is 308 g/mol. The molecule has 0 bridgehead atoms. The Labute approximate surface area is 142 Å². The van der Waals surface area contributed by atoms with E-state index in [4.69, 9.17) is 9.72 Å². The monoisotopic (exact) mass is 334 g/mol. The van der Waals surface area contributed by atoms with Crippen molar-refractivity contribution in [3.05, 3.63) is 45.9 Å². The summed E-state index contributed by atoms with van der Waals surface area (Å²) in [4.78, 5) is 6.95. The van der Waals surface area contributed by atoms with Gasteiger partial charge in [0.1, 0.15) is 10.8 Å². The summed E-state index contributed by atoms with van der Waals surface area (Å²) in [5, 5.41) is 12.6. The van der Waals surface area contributed by atoms with Gasteiger partial charge in [0.05, 0.1) is 26.0 Å². The number of aliphatic hydroxyl groups excluding tert-OH is 1. The molecule has 0 aliphatic heterocycles. The van der Waals surface area contributed by atoms with Gasteiger partial charge in [0.2, 0.25) is 0 Å². The van der Waals surface area contributed by atoms with Crippen molar-refractivity contribution in [3.63, 3.8) is 0 Å². The number of aliphatic hydroxyl groups is 1. The predicted octanol–water partition coefficient (Wildman–Crippen LogP) is 3.44. The number of hydrogen-bond acceptors (Lipinski definition) is 5. The van der Waals surface area contributed by atoms with E-state index in [1.165, 1.54) is 0 Å². The molecule has 0 spiro atoms. The van der Waals surface area contributed by atoms with Gasteiger partial charge in [-0.3, -0.25) is 4.90 Å². The van der Waals surface area contributed by atoms with Crippen LogP contribution in [0.2, 0.25) is 0 Å². The van der Waals surface area contributed by atoms with Crippen LogP contribution in [-0.4, -0.2) is 35.3 Å². The largest absolute Gasteiger partial charge is 0.496 e. The molecule has 1 N–H and O–H groups in total. The van der Waals surface area contributed by atoms with Crippen molar-refractivity contribution in [1.29, 1.82) is 0 Å². The first kappa shape index (κ1) is 17.9. The molecule has 0 aliphatic carbocycles. The fourth-order valence-corrected chi connectivity index (χ4v) is 3.41. The second kappa shape index (κ2) is 7.90. The van der Waals surface area contributed by atoms with Crippen molar-refractivity contribution in [2.45, 2.75) is 39.3 Å². The summed E-state index contributed by atoms with van der Waals surface area (Å²) < 4.78 is 5.42. The average molecular weight is 334 g/mol. The van der Waals surface area contributed by atoms with Crippen LogP contribution in [0, 0.1) is 0 Å². The van der Waals surface area contributed by atoms with Gasteiger partial charge in [-0.2, -0.15) is 0 Å². The molecule has 4 nitrogen and oxygen atoms in total. The summed E-state index contributed by atoms with van der Waals surface area (Å²) in [7, 11) is 1.69. The van der Waals surface area contributed by atoms with Crippen LogP contribution in [0.25, 0.3) is 0 Å². The fraction of sp³-hybridized carbons (Fsp3) is 0.500. The van der Waals surface area contributed by atoms with Gasteiger partial charge in [-0.25, -0.2) is 4.98 Å². The molecule has 1 aromatic carbocycles. The molecule has 0 fully saturated rings. The number of thiazole rings is 1. The van der Waals surface area contributed by atoms with Crippen LogP contribution in [0.15, 0.2) is 29.6 Å². The molecule has 1 heterocycles. The standard InChI is InChI=1S/C18H26N2O2S/c1-18(2,3)16-13-23-17(19-16)12-20(9-10-21)11-14-7-5-6-8-15(14)22-4/h5-8,13,21H,9-12H2,1-4H3. The minimum atomic E-state index is 0.0687. The molecule has 0 unspecified atom stereocenters. The van der Waals surface area contributed by atoms with E-state index in [1.54, 1.807) is 18.4 Å². The Balaban J connectivity index is 2.11. The van der Waals surface area contributed by atoms with Crippen molar-refractivity contribution < 1.29 is 9.84 Å². The Bertz CT molecular complexity index is 619. The van der Waals surface area contributed by atoms with Crippen LogP contribution in [0.5, 0.6) is 5.75 Å². The lowest BCUT2D eigenvalue weighted by atomic mass is 9.93. The van der Waals surface area contributed by atoms with Crippen molar-refractivity contribution >= 4 is 11.3 Å². The van der Waals surface area contributed by atoms with Crippen molar-refractivity contribution in [2.24, 2.45) is 0 Å². The highest BCUT2D eigenvalue weighted by molar-refractivity contribution is 7.09. The number of ether oxygens (including phenoxy) is 1. The normalized spacial score (nSPS) is 11.9. The second-order valence-corrected chi connectivity index (χ2v) is 7.57. The molecule has 0 saturated carbocycles. The van der Waals surface area contributed by atoms with Gasteiger partial charge in [0.15, 0.2) is 0 Å². The maximum Gasteiger partial charge on any atom is 0.123 e. The Morgan fingerprint density at radius 2 is 1.96 bits per heavy atom. The van der Waals surface area contributed by atoms with E-state index >= 15 is 0 Å². The number of aromatic nitrogens is 1. The SMILES string of the molecule is COc1ccccc1CN(CCO)Cc1nc(C(C)(C)C)cs1. The summed E-state index contributed by atoms with van der Waals surface area (Å²) >= 11 is 1.69. The number of nitrogens with zero attached hydrogens (tertiary/aromatic N) is 2. The summed E-state index contributed by atoms with van der Waals surface area (Å²) in [5.41, 5.74) is 2.31. The van der Waals surface area contributed by atoms with Crippen molar-refractivity contribution in [1.82, 2.24) is 9.88 Å². The highest BCUT2D eigenvalue weighted by Crippen LogP contribution is 2.25. The third kappa shape index (κ3) is 5.03. The Morgan fingerprint density at radius 1 is 1.22 bits per heavy atom. The average Bonchev–Trinajstić information content (AvgIpc) is 2.97. The van der Waals surface area contributed by atoms with E-state index in [0.29, 0.717) is 6.54 Å². The van der Waals surface area contributed by atoms with Gasteiger partial charge in [0, 0.05) is 29.4 Å². The molecule has 23 heavy (non-hydrogen) atoms. The minimum Gasteiger partial charge on any atom is -0.496 e. The summed E-state index contributed by atoms with van der Waals surface area (Å²) in [6, 6.07) is 8.00. The summed E-state index contributed by atoms with van der Waals surface area (Å²) in [5.74, 6) is 0.880. The highest BCUT2D eigenvalue weighted by atomic mass is 32.1. The molecule has 0 saturated heterocycles. The van der Waals surface area contributed by atoms with E-state index in [-0.39, 0.29) is 12.0 Å². The zero-order valence-corrected chi connectivity index (χ0v) is 15.2. The first-order valence-corrected chi connectivity index (χ1v) is 8.72. The maximum atomic E-state index is 9.36. The topological polar surface area (TPSA) is 45.6 Å². The highest BCUT2D eigenvalue weighted by Gasteiger charge is 2.18. The Kier molecular flexibility index (Phi) is 6.16. The zero-order chi connectivity index (χ0) is 16.9. The lowest BCUT2D eigenvalue weighted by Crippen LogP contribution is -2.26. The van der Waals surface area contributed by atoms with Crippen LogP contribution >= 0.6 is 11.3 Å². The molecule has 126 valence electrons. The molecule has 2 aromatic rings. The molecule has 2 rings (SSSR count). The van der Waals surface area contributed by atoms with Crippen LogP contribution in [0.1, 0.15) is 37.0 Å². The van der Waals surface area contributed by atoms with Gasteiger partial charge in [-0.1, -0.05) is 39.0 Å². The number of rotatable bonds is 7. The van der Waals surface area contributed by atoms with Gasteiger partial charge < -0.3 is 9.84 Å². The van der Waals surface area contributed by atoms with Crippen LogP contribution in [0.3, 0.4) is 0 Å². The third-order valence-corrected chi connectivity index (χ3v) is 4.52. The van der Waals surface area contributed by atoms with Crippen molar-refractivity contribution in [3.8, 4) is 5.75 Å². The lowest BCUT2D eigenvalue weighted by Gasteiger charge is -2.21. The summed E-state index contributed by atoms with van der Waals surface area (Å²) in [6.07, 6.45) is 0. The molecule has 1 aromatic heterocycles. The Morgan fingerprint density at radius 3 is 2.57 bits per heavy atom. The number of para-hydroxylation sites is 1. The molecular formula is C18H26N2O2S. The zero-order valence-electron chi connectivity index (χ0n) is 14.4. The van der Waals surface area contributed by atoms with E-state index in [0.717, 1.165) is 35.1 Å². The number of hydrogen-bond donors (Lipinski definition) is 1.